The number of anilines is 1. The molecule has 0 aromatic heterocycles. The predicted octanol–water partition coefficient (Wildman–Crippen LogP) is 2.36. The fraction of sp³-hybridized carbons (Fsp3) is 0.429. The summed E-state index contributed by atoms with van der Waals surface area (Å²) in [5.74, 6) is -0.553. The van der Waals surface area contributed by atoms with Crippen molar-refractivity contribution < 1.29 is 14.3 Å². The first kappa shape index (κ1) is 12.6. The monoisotopic (exact) mass is 247 g/mol. The number of ether oxygens (including phenoxy) is 1. The van der Waals surface area contributed by atoms with Gasteiger partial charge in [0.1, 0.15) is 0 Å². The van der Waals surface area contributed by atoms with Crippen LogP contribution in [0.4, 0.5) is 5.69 Å². The number of benzene rings is 1. The molecule has 0 radical (unpaired) electrons. The van der Waals surface area contributed by atoms with Gasteiger partial charge in [-0.05, 0) is 31.9 Å². The molecule has 1 amide bonds. The Morgan fingerprint density at radius 2 is 1.94 bits per heavy atom. The molecule has 18 heavy (non-hydrogen) atoms. The van der Waals surface area contributed by atoms with Gasteiger partial charge in [-0.1, -0.05) is 24.6 Å². The largest absolute Gasteiger partial charge is 0.452 e. The van der Waals surface area contributed by atoms with Gasteiger partial charge in [0, 0.05) is 5.69 Å². The molecular formula is C14H17NO3. The molecule has 1 aliphatic rings. The second kappa shape index (κ2) is 5.67. The van der Waals surface area contributed by atoms with E-state index in [0.29, 0.717) is 5.69 Å². The third-order valence-corrected chi connectivity index (χ3v) is 3.14. The van der Waals surface area contributed by atoms with Crippen LogP contribution in [-0.4, -0.2) is 18.0 Å². The molecule has 0 heterocycles. The molecule has 4 heteroatoms. The first-order valence-corrected chi connectivity index (χ1v) is 6.23. The number of carbonyl (C=O) groups excluding carboxylic acids is 2. The Labute approximate surface area is 106 Å². The molecule has 0 spiro atoms. The van der Waals surface area contributed by atoms with Gasteiger partial charge in [-0.3, -0.25) is 9.59 Å². The Bertz CT molecular complexity index is 426. The topological polar surface area (TPSA) is 55.4 Å². The molecule has 1 aliphatic carbocycles. The molecule has 1 aromatic carbocycles. The lowest BCUT2D eigenvalue weighted by Gasteiger charge is -2.24. The first-order chi connectivity index (χ1) is 8.66. The van der Waals surface area contributed by atoms with E-state index >= 15 is 0 Å². The van der Waals surface area contributed by atoms with E-state index in [0.717, 1.165) is 19.3 Å². The van der Waals surface area contributed by atoms with Gasteiger partial charge in [0.2, 0.25) is 0 Å². The van der Waals surface area contributed by atoms with Crippen LogP contribution < -0.4 is 5.32 Å². The Hall–Kier alpha value is -1.84. The van der Waals surface area contributed by atoms with Crippen LogP contribution in [0.3, 0.4) is 0 Å². The zero-order chi connectivity index (χ0) is 13.0. The van der Waals surface area contributed by atoms with E-state index in [1.807, 2.05) is 18.2 Å². The second-order valence-corrected chi connectivity index (χ2v) is 4.56. The number of nitrogens with one attached hydrogen (secondary N) is 1. The highest BCUT2D eigenvalue weighted by Crippen LogP contribution is 2.27. The minimum absolute atomic E-state index is 0.00280. The molecule has 1 saturated carbocycles. The molecule has 1 N–H and O–H groups in total. The molecule has 0 bridgehead atoms. The van der Waals surface area contributed by atoms with E-state index in [9.17, 15) is 9.59 Å². The quantitative estimate of drug-likeness (QED) is 0.831. The lowest BCUT2D eigenvalue weighted by Crippen LogP contribution is -2.34. The highest BCUT2D eigenvalue weighted by Gasteiger charge is 2.29. The van der Waals surface area contributed by atoms with Crippen LogP contribution in [0.5, 0.6) is 0 Å². The van der Waals surface area contributed by atoms with Crippen molar-refractivity contribution in [3.63, 3.8) is 0 Å². The van der Waals surface area contributed by atoms with Crippen molar-refractivity contribution in [2.45, 2.75) is 32.3 Å². The summed E-state index contributed by atoms with van der Waals surface area (Å²) < 4.78 is 5.14. The van der Waals surface area contributed by atoms with Crippen molar-refractivity contribution in [3.05, 3.63) is 30.3 Å². The minimum atomic E-state index is -0.752. The van der Waals surface area contributed by atoms with Crippen molar-refractivity contribution in [2.75, 3.05) is 5.32 Å². The minimum Gasteiger partial charge on any atom is -0.452 e. The highest BCUT2D eigenvalue weighted by molar-refractivity contribution is 5.95. The third-order valence-electron chi connectivity index (χ3n) is 3.14. The zero-order valence-electron chi connectivity index (χ0n) is 10.4. The Morgan fingerprint density at radius 1 is 1.28 bits per heavy atom. The number of carbonyl (C=O) groups is 2. The van der Waals surface area contributed by atoms with E-state index in [4.69, 9.17) is 4.74 Å². The summed E-state index contributed by atoms with van der Waals surface area (Å²) in [6.07, 6.45) is 2.08. The second-order valence-electron chi connectivity index (χ2n) is 4.56. The maximum atomic E-state index is 11.8. The smallest absolute Gasteiger partial charge is 0.309 e. The third kappa shape index (κ3) is 3.09. The molecule has 0 saturated heterocycles. The molecular weight excluding hydrogens is 230 g/mol. The van der Waals surface area contributed by atoms with Crippen LogP contribution in [0.25, 0.3) is 0 Å². The molecule has 1 atom stereocenters. The Morgan fingerprint density at radius 3 is 2.50 bits per heavy atom. The number of hydrogen-bond donors (Lipinski definition) is 1. The van der Waals surface area contributed by atoms with Crippen molar-refractivity contribution >= 4 is 17.6 Å². The molecule has 4 nitrogen and oxygen atoms in total. The lowest BCUT2D eigenvalue weighted by atomic mass is 9.86. The van der Waals surface area contributed by atoms with Gasteiger partial charge < -0.3 is 10.1 Å². The highest BCUT2D eigenvalue weighted by atomic mass is 16.5. The molecule has 2 rings (SSSR count). The average Bonchev–Trinajstić information content (AvgIpc) is 2.27. The molecule has 0 aliphatic heterocycles. The van der Waals surface area contributed by atoms with Crippen molar-refractivity contribution in [1.29, 1.82) is 0 Å². The number of amides is 1. The standard InChI is InChI=1S/C14H17NO3/c1-10(18-14(17)11-6-5-7-11)13(16)15-12-8-3-2-4-9-12/h2-4,8-11H,5-7H2,1H3,(H,15,16)/t10-/m1/s1. The van der Waals surface area contributed by atoms with Gasteiger partial charge in [0.05, 0.1) is 5.92 Å². The van der Waals surface area contributed by atoms with Crippen LogP contribution in [0, 0.1) is 5.92 Å². The SMILES string of the molecule is C[C@@H](OC(=O)C1CCC1)C(=O)Nc1ccccc1. The summed E-state index contributed by atoms with van der Waals surface area (Å²) in [7, 11) is 0. The molecule has 0 unspecified atom stereocenters. The van der Waals surface area contributed by atoms with Gasteiger partial charge in [-0.15, -0.1) is 0 Å². The van der Waals surface area contributed by atoms with E-state index in [-0.39, 0.29) is 17.8 Å². The zero-order valence-corrected chi connectivity index (χ0v) is 10.4. The number of hydrogen-bond acceptors (Lipinski definition) is 3. The van der Waals surface area contributed by atoms with Gasteiger partial charge >= 0.3 is 5.97 Å². The van der Waals surface area contributed by atoms with Gasteiger partial charge in [-0.2, -0.15) is 0 Å². The summed E-state index contributed by atoms with van der Waals surface area (Å²) >= 11 is 0. The van der Waals surface area contributed by atoms with E-state index in [2.05, 4.69) is 5.32 Å². The van der Waals surface area contributed by atoms with Crippen LogP contribution in [0.15, 0.2) is 30.3 Å². The summed E-state index contributed by atoms with van der Waals surface area (Å²) in [5, 5.41) is 2.71. The van der Waals surface area contributed by atoms with Gasteiger partial charge in [-0.25, -0.2) is 0 Å². The van der Waals surface area contributed by atoms with E-state index in [1.54, 1.807) is 19.1 Å². The number of rotatable bonds is 4. The first-order valence-electron chi connectivity index (χ1n) is 6.23. The summed E-state index contributed by atoms with van der Waals surface area (Å²) in [6, 6.07) is 9.12. The van der Waals surface area contributed by atoms with Gasteiger partial charge in [0.25, 0.3) is 5.91 Å². The van der Waals surface area contributed by atoms with Crippen LogP contribution in [0.1, 0.15) is 26.2 Å². The average molecular weight is 247 g/mol. The van der Waals surface area contributed by atoms with E-state index < -0.39 is 6.10 Å². The molecule has 1 fully saturated rings. The van der Waals surface area contributed by atoms with Crippen LogP contribution in [-0.2, 0) is 14.3 Å². The van der Waals surface area contributed by atoms with Crippen LogP contribution in [0.2, 0.25) is 0 Å². The maximum Gasteiger partial charge on any atom is 0.309 e. The summed E-state index contributed by atoms with van der Waals surface area (Å²) in [5.41, 5.74) is 0.703. The summed E-state index contributed by atoms with van der Waals surface area (Å²) in [6.45, 7) is 1.59. The molecule has 1 aromatic rings. The van der Waals surface area contributed by atoms with Gasteiger partial charge in [0.15, 0.2) is 6.10 Å². The Kier molecular flexibility index (Phi) is 3.97. The van der Waals surface area contributed by atoms with Crippen molar-refractivity contribution in [1.82, 2.24) is 0 Å². The van der Waals surface area contributed by atoms with E-state index in [1.165, 1.54) is 0 Å². The number of para-hydroxylation sites is 1. The van der Waals surface area contributed by atoms with Crippen LogP contribution >= 0.6 is 0 Å². The Balaban J connectivity index is 1.83. The maximum absolute atomic E-state index is 11.8. The lowest BCUT2D eigenvalue weighted by molar-refractivity contribution is -0.159. The van der Waals surface area contributed by atoms with Crippen molar-refractivity contribution in [2.24, 2.45) is 5.92 Å². The number of esters is 1. The van der Waals surface area contributed by atoms with Crippen molar-refractivity contribution in [3.8, 4) is 0 Å². The fourth-order valence-electron chi connectivity index (χ4n) is 1.73. The normalized spacial score (nSPS) is 16.5. The fourth-order valence-corrected chi connectivity index (χ4v) is 1.73. The predicted molar refractivity (Wildman–Crippen MR) is 68.0 cm³/mol. The summed E-state index contributed by atoms with van der Waals surface area (Å²) in [4.78, 5) is 23.4. The molecule has 96 valence electrons.